The number of nitrogens with two attached hydrogens (primary N) is 1. The molecule has 2 rings (SSSR count). The summed E-state index contributed by atoms with van der Waals surface area (Å²) in [4.78, 5) is 6.91. The van der Waals surface area contributed by atoms with E-state index in [2.05, 4.69) is 29.8 Å². The highest BCUT2D eigenvalue weighted by Crippen LogP contribution is 2.26. The summed E-state index contributed by atoms with van der Waals surface area (Å²) in [5.74, 6) is 0. The van der Waals surface area contributed by atoms with E-state index in [1.165, 1.54) is 6.42 Å². The van der Waals surface area contributed by atoms with Crippen LogP contribution in [-0.4, -0.2) is 41.7 Å². The first-order valence-corrected chi connectivity index (χ1v) is 7.24. The van der Waals surface area contributed by atoms with E-state index in [-0.39, 0.29) is 12.1 Å². The van der Waals surface area contributed by atoms with Gasteiger partial charge in [-0.3, -0.25) is 9.88 Å². The van der Waals surface area contributed by atoms with Gasteiger partial charge in [0.05, 0.1) is 17.8 Å². The zero-order valence-electron chi connectivity index (χ0n) is 12.0. The van der Waals surface area contributed by atoms with Crippen molar-refractivity contribution in [3.8, 4) is 0 Å². The fraction of sp³-hybridized carbons (Fsp3) is 0.667. The molecule has 3 atom stereocenters. The molecule has 1 fully saturated rings. The van der Waals surface area contributed by atoms with E-state index in [1.807, 2.05) is 18.3 Å². The zero-order valence-corrected chi connectivity index (χ0v) is 12.0. The lowest BCUT2D eigenvalue weighted by atomic mass is 9.99. The first-order valence-electron chi connectivity index (χ1n) is 7.24. The summed E-state index contributed by atoms with van der Waals surface area (Å²) in [6.07, 6.45) is 4.50. The van der Waals surface area contributed by atoms with E-state index in [1.54, 1.807) is 0 Å². The molecule has 0 amide bonds. The molecule has 0 bridgehead atoms. The number of ether oxygens (including phenoxy) is 1. The molecular formula is C15H25N3O. The fourth-order valence-corrected chi connectivity index (χ4v) is 2.93. The summed E-state index contributed by atoms with van der Waals surface area (Å²) in [5, 5.41) is 0. The van der Waals surface area contributed by atoms with Crippen LogP contribution in [0, 0.1) is 0 Å². The van der Waals surface area contributed by atoms with Gasteiger partial charge >= 0.3 is 0 Å². The van der Waals surface area contributed by atoms with Gasteiger partial charge in [0, 0.05) is 25.4 Å². The van der Waals surface area contributed by atoms with Crippen molar-refractivity contribution in [2.75, 3.05) is 19.7 Å². The third-order valence-corrected chi connectivity index (χ3v) is 3.69. The van der Waals surface area contributed by atoms with E-state index >= 15 is 0 Å². The normalized spacial score (nSPS) is 24.1. The number of hydrogen-bond donors (Lipinski definition) is 1. The molecule has 1 aliphatic heterocycles. The van der Waals surface area contributed by atoms with Gasteiger partial charge in [0.2, 0.25) is 0 Å². The molecule has 1 aliphatic rings. The maximum Gasteiger partial charge on any atom is 0.0702 e. The van der Waals surface area contributed by atoms with Crippen LogP contribution in [0.2, 0.25) is 0 Å². The highest BCUT2D eigenvalue weighted by molar-refractivity contribution is 5.11. The van der Waals surface area contributed by atoms with Gasteiger partial charge in [0.15, 0.2) is 0 Å². The molecule has 0 spiro atoms. The summed E-state index contributed by atoms with van der Waals surface area (Å²) in [5.41, 5.74) is 7.26. The molecule has 0 aliphatic carbocycles. The molecule has 1 aromatic rings. The highest BCUT2D eigenvalue weighted by atomic mass is 16.5. The lowest BCUT2D eigenvalue weighted by Gasteiger charge is -2.39. The van der Waals surface area contributed by atoms with Crippen LogP contribution in [0.5, 0.6) is 0 Å². The fourth-order valence-electron chi connectivity index (χ4n) is 2.93. The van der Waals surface area contributed by atoms with Gasteiger partial charge in [0.25, 0.3) is 0 Å². The van der Waals surface area contributed by atoms with Gasteiger partial charge in [-0.05, 0) is 45.4 Å². The Hall–Kier alpha value is -0.970. The predicted octanol–water partition coefficient (Wildman–Crippen LogP) is 1.97. The monoisotopic (exact) mass is 263 g/mol. The Morgan fingerprint density at radius 1 is 1.53 bits per heavy atom. The Labute approximate surface area is 116 Å². The molecule has 0 aromatic carbocycles. The largest absolute Gasteiger partial charge is 0.377 e. The van der Waals surface area contributed by atoms with Crippen molar-refractivity contribution in [3.05, 3.63) is 30.1 Å². The smallest absolute Gasteiger partial charge is 0.0702 e. The zero-order chi connectivity index (χ0) is 13.7. The molecule has 19 heavy (non-hydrogen) atoms. The SMILES string of the molecule is CCOC1CCCN(C(c2ccccn2)C(C)N)C1. The molecule has 0 saturated carbocycles. The lowest BCUT2D eigenvalue weighted by molar-refractivity contribution is -0.0112. The number of hydrogen-bond acceptors (Lipinski definition) is 4. The average molecular weight is 263 g/mol. The minimum atomic E-state index is 0.0651. The van der Waals surface area contributed by atoms with E-state index < -0.39 is 0 Å². The predicted molar refractivity (Wildman–Crippen MR) is 76.8 cm³/mol. The van der Waals surface area contributed by atoms with Crippen molar-refractivity contribution in [2.45, 2.75) is 44.9 Å². The number of likely N-dealkylation sites (tertiary alicyclic amines) is 1. The Bertz CT molecular complexity index is 367. The minimum absolute atomic E-state index is 0.0651. The van der Waals surface area contributed by atoms with E-state index in [0.717, 1.165) is 31.8 Å². The summed E-state index contributed by atoms with van der Waals surface area (Å²) < 4.78 is 5.78. The van der Waals surface area contributed by atoms with Crippen LogP contribution < -0.4 is 5.73 Å². The van der Waals surface area contributed by atoms with E-state index in [0.29, 0.717) is 6.10 Å². The number of nitrogens with zero attached hydrogens (tertiary/aromatic N) is 2. The summed E-state index contributed by atoms with van der Waals surface area (Å²) in [7, 11) is 0. The van der Waals surface area contributed by atoms with Crippen LogP contribution in [0.15, 0.2) is 24.4 Å². The van der Waals surface area contributed by atoms with Crippen molar-refractivity contribution < 1.29 is 4.74 Å². The second kappa shape index (κ2) is 6.98. The molecular weight excluding hydrogens is 238 g/mol. The van der Waals surface area contributed by atoms with Gasteiger partial charge in [0.1, 0.15) is 0 Å². The summed E-state index contributed by atoms with van der Waals surface area (Å²) in [6.45, 7) is 6.93. The maximum atomic E-state index is 6.20. The van der Waals surface area contributed by atoms with Crippen molar-refractivity contribution >= 4 is 0 Å². The van der Waals surface area contributed by atoms with Crippen LogP contribution in [0.25, 0.3) is 0 Å². The van der Waals surface area contributed by atoms with Crippen molar-refractivity contribution in [2.24, 2.45) is 5.73 Å². The standard InChI is InChI=1S/C15H25N3O/c1-3-19-13-7-6-10-18(11-13)15(12(2)16)14-8-4-5-9-17-14/h4-5,8-9,12-13,15H,3,6-7,10-11,16H2,1-2H3. The molecule has 2 heterocycles. The Morgan fingerprint density at radius 3 is 3.00 bits per heavy atom. The van der Waals surface area contributed by atoms with Crippen LogP contribution in [0.4, 0.5) is 0 Å². The molecule has 1 saturated heterocycles. The molecule has 4 nitrogen and oxygen atoms in total. The topological polar surface area (TPSA) is 51.4 Å². The second-order valence-electron chi connectivity index (χ2n) is 5.27. The van der Waals surface area contributed by atoms with Gasteiger partial charge in [-0.15, -0.1) is 0 Å². The van der Waals surface area contributed by atoms with Crippen LogP contribution >= 0.6 is 0 Å². The van der Waals surface area contributed by atoms with Crippen molar-refractivity contribution in [1.82, 2.24) is 9.88 Å². The molecule has 106 valence electrons. The maximum absolute atomic E-state index is 6.20. The number of piperidine rings is 1. The Kier molecular flexibility index (Phi) is 5.31. The van der Waals surface area contributed by atoms with Crippen LogP contribution in [0.1, 0.15) is 38.4 Å². The summed E-state index contributed by atoms with van der Waals surface area (Å²) >= 11 is 0. The highest BCUT2D eigenvalue weighted by Gasteiger charge is 2.30. The van der Waals surface area contributed by atoms with Gasteiger partial charge in [-0.1, -0.05) is 6.07 Å². The van der Waals surface area contributed by atoms with Gasteiger partial charge in [-0.25, -0.2) is 0 Å². The van der Waals surface area contributed by atoms with E-state index in [4.69, 9.17) is 10.5 Å². The van der Waals surface area contributed by atoms with Gasteiger partial charge in [-0.2, -0.15) is 0 Å². The first-order chi connectivity index (χ1) is 9.22. The molecule has 0 radical (unpaired) electrons. The van der Waals surface area contributed by atoms with Crippen LogP contribution in [0.3, 0.4) is 0 Å². The Morgan fingerprint density at radius 2 is 2.37 bits per heavy atom. The molecule has 1 aromatic heterocycles. The third-order valence-electron chi connectivity index (χ3n) is 3.69. The van der Waals surface area contributed by atoms with E-state index in [9.17, 15) is 0 Å². The quantitative estimate of drug-likeness (QED) is 0.882. The number of rotatable bonds is 5. The number of pyridine rings is 1. The second-order valence-corrected chi connectivity index (χ2v) is 5.27. The van der Waals surface area contributed by atoms with Gasteiger partial charge < -0.3 is 10.5 Å². The molecule has 2 N–H and O–H groups in total. The Balaban J connectivity index is 2.11. The number of aromatic nitrogens is 1. The van der Waals surface area contributed by atoms with Crippen molar-refractivity contribution in [1.29, 1.82) is 0 Å². The van der Waals surface area contributed by atoms with Crippen LogP contribution in [-0.2, 0) is 4.74 Å². The lowest BCUT2D eigenvalue weighted by Crippen LogP contribution is -2.47. The van der Waals surface area contributed by atoms with Crippen molar-refractivity contribution in [3.63, 3.8) is 0 Å². The molecule has 3 unspecified atom stereocenters. The average Bonchev–Trinajstić information content (AvgIpc) is 2.40. The first kappa shape index (κ1) is 14.4. The minimum Gasteiger partial charge on any atom is -0.377 e. The third kappa shape index (κ3) is 3.75. The molecule has 4 heteroatoms. The summed E-state index contributed by atoms with van der Waals surface area (Å²) in [6, 6.07) is 6.29.